The Kier molecular flexibility index (Phi) is 2.31. The number of carbonyl (C=O) groups excluding carboxylic acids is 2. The van der Waals surface area contributed by atoms with Crippen LogP contribution in [0, 0.1) is 0 Å². The zero-order valence-corrected chi connectivity index (χ0v) is 8.97. The van der Waals surface area contributed by atoms with E-state index in [4.69, 9.17) is 0 Å². The quantitative estimate of drug-likeness (QED) is 0.604. The van der Waals surface area contributed by atoms with Gasteiger partial charge in [0.1, 0.15) is 0 Å². The van der Waals surface area contributed by atoms with Crippen LogP contribution in [0.15, 0.2) is 22.0 Å². The average Bonchev–Trinajstić information content (AvgIpc) is 2.63. The molecular weight excluding hydrogens is 253 g/mol. The molecule has 1 fully saturated rings. The first-order valence-electron chi connectivity index (χ1n) is 3.54. The van der Waals surface area contributed by atoms with Gasteiger partial charge in [0.05, 0.1) is 0 Å². The first-order valence-corrected chi connectivity index (χ1v) is 6.13. The second-order valence-electron chi connectivity index (χ2n) is 2.37. The molecule has 5 heteroatoms. The number of rotatable bonds is 1. The molecule has 1 saturated heterocycles. The van der Waals surface area contributed by atoms with Crippen LogP contribution >= 0.6 is 11.3 Å². The van der Waals surface area contributed by atoms with E-state index < -0.39 is 0 Å². The zero-order chi connectivity index (χ0) is 9.26. The summed E-state index contributed by atoms with van der Waals surface area (Å²) in [7, 11) is 0. The van der Waals surface area contributed by atoms with Gasteiger partial charge in [-0.1, -0.05) is 0 Å². The van der Waals surface area contributed by atoms with Crippen LogP contribution in [0.3, 0.4) is 0 Å². The summed E-state index contributed by atoms with van der Waals surface area (Å²) in [4.78, 5) is 22.8. The van der Waals surface area contributed by atoms with E-state index in [1.807, 2.05) is 17.5 Å². The van der Waals surface area contributed by atoms with Gasteiger partial charge in [0.25, 0.3) is 0 Å². The number of hydrogen-bond donors (Lipinski definition) is 1. The molecular formula is C8H5NO2SSe. The minimum atomic E-state index is -0.346. The minimum absolute atomic E-state index is 0.152. The molecule has 0 aromatic carbocycles. The Bertz CT molecular complexity index is 383. The summed E-state index contributed by atoms with van der Waals surface area (Å²) in [6, 6.07) is 3.84. The molecule has 0 unspecified atom stereocenters. The fraction of sp³-hybridized carbons (Fsp3) is 0. The molecule has 2 amide bonds. The number of carbonyl (C=O) groups is 2. The molecule has 1 aliphatic heterocycles. The van der Waals surface area contributed by atoms with Crippen molar-refractivity contribution >= 4 is 43.1 Å². The van der Waals surface area contributed by atoms with Crippen molar-refractivity contribution in [2.45, 2.75) is 0 Å². The molecule has 1 aliphatic rings. The SMILES string of the molecule is O=C1NC(=O)C(=Cc2cccs2)[Se]1. The Labute approximate surface area is 85.0 Å². The molecule has 1 aromatic rings. The van der Waals surface area contributed by atoms with Crippen molar-refractivity contribution in [1.82, 2.24) is 5.32 Å². The van der Waals surface area contributed by atoms with Crippen LogP contribution in [0.5, 0.6) is 0 Å². The summed E-state index contributed by atoms with van der Waals surface area (Å²) in [6.07, 6.45) is 1.78. The average molecular weight is 258 g/mol. The Morgan fingerprint density at radius 3 is 2.85 bits per heavy atom. The van der Waals surface area contributed by atoms with Crippen molar-refractivity contribution in [2.75, 3.05) is 0 Å². The van der Waals surface area contributed by atoms with Gasteiger partial charge in [-0.2, -0.15) is 0 Å². The van der Waals surface area contributed by atoms with E-state index in [9.17, 15) is 9.59 Å². The van der Waals surface area contributed by atoms with Gasteiger partial charge in [0.15, 0.2) is 0 Å². The standard InChI is InChI=1S/C8H5NO2SSe/c10-7-6(13-8(11)9-7)4-5-2-1-3-12-5/h1-4H,(H,9,10,11). The number of imide groups is 1. The molecule has 0 atom stereocenters. The van der Waals surface area contributed by atoms with E-state index in [2.05, 4.69) is 5.32 Å². The van der Waals surface area contributed by atoms with Crippen LogP contribution in [0.25, 0.3) is 6.08 Å². The summed E-state index contributed by atoms with van der Waals surface area (Å²) in [5.74, 6) is -0.238. The molecule has 66 valence electrons. The van der Waals surface area contributed by atoms with Gasteiger partial charge in [-0.15, -0.1) is 0 Å². The topological polar surface area (TPSA) is 46.2 Å². The zero-order valence-electron chi connectivity index (χ0n) is 6.44. The molecule has 13 heavy (non-hydrogen) atoms. The Hall–Kier alpha value is -0.901. The Balaban J connectivity index is 2.27. The Morgan fingerprint density at radius 2 is 2.31 bits per heavy atom. The van der Waals surface area contributed by atoms with Crippen LogP contribution in [-0.4, -0.2) is 25.7 Å². The van der Waals surface area contributed by atoms with E-state index >= 15 is 0 Å². The molecule has 2 heterocycles. The number of hydrogen-bond acceptors (Lipinski definition) is 3. The Morgan fingerprint density at radius 1 is 1.46 bits per heavy atom. The van der Waals surface area contributed by atoms with Gasteiger partial charge < -0.3 is 0 Å². The molecule has 0 saturated carbocycles. The van der Waals surface area contributed by atoms with Gasteiger partial charge >= 0.3 is 84.8 Å². The van der Waals surface area contributed by atoms with E-state index in [-0.39, 0.29) is 25.7 Å². The summed E-state index contributed by atoms with van der Waals surface area (Å²) in [6.45, 7) is 0. The van der Waals surface area contributed by atoms with Crippen LogP contribution in [0.2, 0.25) is 0 Å². The first kappa shape index (κ1) is 8.69. The van der Waals surface area contributed by atoms with Crippen molar-refractivity contribution in [2.24, 2.45) is 0 Å². The predicted octanol–water partition coefficient (Wildman–Crippen LogP) is 1.04. The molecule has 0 aliphatic carbocycles. The van der Waals surface area contributed by atoms with Gasteiger partial charge in [0.2, 0.25) is 0 Å². The van der Waals surface area contributed by atoms with Gasteiger partial charge in [-0.05, 0) is 0 Å². The molecule has 2 rings (SSSR count). The predicted molar refractivity (Wildman–Crippen MR) is 51.6 cm³/mol. The van der Waals surface area contributed by atoms with E-state index in [0.717, 1.165) is 4.88 Å². The second kappa shape index (κ2) is 3.46. The molecule has 0 bridgehead atoms. The molecule has 1 aromatic heterocycles. The van der Waals surface area contributed by atoms with Crippen LogP contribution in [0.4, 0.5) is 4.79 Å². The van der Waals surface area contributed by atoms with Crippen molar-refractivity contribution in [3.8, 4) is 0 Å². The summed E-state index contributed by atoms with van der Waals surface area (Å²) in [5.41, 5.74) is 0. The fourth-order valence-corrected chi connectivity index (χ4v) is 3.16. The normalized spacial score (nSPS) is 19.5. The molecule has 0 spiro atoms. The van der Waals surface area contributed by atoms with Crippen molar-refractivity contribution < 1.29 is 9.59 Å². The number of thiophene rings is 1. The third-order valence-corrected chi connectivity index (χ3v) is 3.98. The summed E-state index contributed by atoms with van der Waals surface area (Å²) >= 11 is 1.21. The second-order valence-corrected chi connectivity index (χ2v) is 5.48. The third-order valence-electron chi connectivity index (χ3n) is 1.46. The van der Waals surface area contributed by atoms with Crippen molar-refractivity contribution in [3.05, 3.63) is 26.9 Å². The van der Waals surface area contributed by atoms with Crippen LogP contribution in [0.1, 0.15) is 4.88 Å². The van der Waals surface area contributed by atoms with Gasteiger partial charge in [-0.25, -0.2) is 0 Å². The maximum absolute atomic E-state index is 11.1. The number of nitrogens with one attached hydrogen (secondary N) is 1. The van der Waals surface area contributed by atoms with E-state index in [1.54, 1.807) is 17.4 Å². The van der Waals surface area contributed by atoms with Crippen molar-refractivity contribution in [3.63, 3.8) is 0 Å². The van der Waals surface area contributed by atoms with Crippen molar-refractivity contribution in [1.29, 1.82) is 0 Å². The monoisotopic (exact) mass is 259 g/mol. The third kappa shape index (κ3) is 1.88. The summed E-state index contributed by atoms with van der Waals surface area (Å²) in [5, 5.41) is 4.20. The first-order chi connectivity index (χ1) is 6.25. The maximum atomic E-state index is 11.1. The molecule has 0 radical (unpaired) electrons. The van der Waals surface area contributed by atoms with Crippen LogP contribution in [-0.2, 0) is 4.79 Å². The van der Waals surface area contributed by atoms with E-state index in [0.29, 0.717) is 4.47 Å². The summed E-state index contributed by atoms with van der Waals surface area (Å²) < 4.78 is 0.611. The molecule has 1 N–H and O–H groups in total. The van der Waals surface area contributed by atoms with Gasteiger partial charge in [-0.3, -0.25) is 0 Å². The molecule has 3 nitrogen and oxygen atoms in total. The van der Waals surface area contributed by atoms with Crippen LogP contribution < -0.4 is 5.32 Å². The van der Waals surface area contributed by atoms with Gasteiger partial charge in [0, 0.05) is 0 Å². The number of amides is 2. The fourth-order valence-electron chi connectivity index (χ4n) is 0.924. The van der Waals surface area contributed by atoms with E-state index in [1.165, 1.54) is 0 Å².